The van der Waals surface area contributed by atoms with Gasteiger partial charge in [-0.1, -0.05) is 128 Å². The van der Waals surface area contributed by atoms with Crippen molar-refractivity contribution in [1.82, 2.24) is 0 Å². The SMILES string of the molecule is CCc1ccc2cc(OP(Oc3cc4ccc(CC)cc4cc3CC)OC3CC(OC)CC(OP(Oc4cc5ccc(CC)cc5cc4CC)Oc4cc5ccc(CC)cc5cc4CC)C3)c(CC)cc2c1. The van der Waals surface area contributed by atoms with Crippen LogP contribution in [0.4, 0.5) is 0 Å². The highest BCUT2D eigenvalue weighted by Crippen LogP contribution is 2.51. The average Bonchev–Trinajstić information content (AvgIpc) is 3.41. The van der Waals surface area contributed by atoms with E-state index < -0.39 is 17.2 Å². The number of fused-ring (bicyclic) bond motifs is 4. The lowest BCUT2D eigenvalue weighted by molar-refractivity contribution is -0.0297. The molecule has 1 aliphatic rings. The maximum Gasteiger partial charge on any atom is 0.463 e. The third kappa shape index (κ3) is 11.9. The van der Waals surface area contributed by atoms with Gasteiger partial charge in [-0.25, -0.2) is 0 Å². The Kier molecular flexibility index (Phi) is 17.0. The van der Waals surface area contributed by atoms with Crippen molar-refractivity contribution in [3.8, 4) is 23.0 Å². The summed E-state index contributed by atoms with van der Waals surface area (Å²) >= 11 is 0. The highest BCUT2D eigenvalue weighted by Gasteiger charge is 2.38. The Balaban J connectivity index is 1.06. The molecule has 1 aliphatic carbocycles. The van der Waals surface area contributed by atoms with Crippen molar-refractivity contribution in [2.45, 2.75) is 144 Å². The van der Waals surface area contributed by atoms with E-state index in [1.165, 1.54) is 43.8 Å². The summed E-state index contributed by atoms with van der Waals surface area (Å²) in [6.07, 6.45) is 8.14. The first kappa shape index (κ1) is 51.6. The highest BCUT2D eigenvalue weighted by atomic mass is 31.2. The van der Waals surface area contributed by atoms with Gasteiger partial charge in [0.05, 0.1) is 18.3 Å². The Morgan fingerprint density at radius 1 is 0.319 bits per heavy atom. The zero-order valence-corrected chi connectivity index (χ0v) is 45.6. The molecule has 8 aromatic carbocycles. The maximum atomic E-state index is 7.17. The minimum atomic E-state index is -1.98. The van der Waals surface area contributed by atoms with Gasteiger partial charge in [0.2, 0.25) is 0 Å². The summed E-state index contributed by atoms with van der Waals surface area (Å²) in [6.45, 7) is 17.5. The Hall–Kier alpha value is -5.26. The van der Waals surface area contributed by atoms with E-state index in [1.54, 1.807) is 7.11 Å². The van der Waals surface area contributed by atoms with E-state index in [9.17, 15) is 0 Å². The third-order valence-corrected chi connectivity index (χ3v) is 16.9. The van der Waals surface area contributed by atoms with E-state index in [1.807, 2.05) is 0 Å². The van der Waals surface area contributed by atoms with Crippen molar-refractivity contribution in [2.75, 3.05) is 7.11 Å². The molecule has 0 spiro atoms. The second kappa shape index (κ2) is 23.7. The topological polar surface area (TPSA) is 64.6 Å². The molecule has 0 amide bonds. The van der Waals surface area contributed by atoms with Crippen LogP contribution in [0.1, 0.15) is 119 Å². The molecule has 376 valence electrons. The van der Waals surface area contributed by atoms with Crippen molar-refractivity contribution in [3.63, 3.8) is 0 Å². The van der Waals surface area contributed by atoms with Crippen molar-refractivity contribution >= 4 is 60.3 Å². The molecule has 0 heterocycles. The normalized spacial score (nSPS) is 16.1. The first-order valence-corrected chi connectivity index (χ1v) is 28.7. The lowest BCUT2D eigenvalue weighted by Crippen LogP contribution is -2.36. The molecule has 1 fully saturated rings. The quantitative estimate of drug-likeness (QED) is 0.0665. The molecule has 0 saturated heterocycles. The molecule has 7 nitrogen and oxygen atoms in total. The molecule has 72 heavy (non-hydrogen) atoms. The fraction of sp³-hybridized carbons (Fsp3) is 0.365. The van der Waals surface area contributed by atoms with Crippen molar-refractivity contribution in [2.24, 2.45) is 0 Å². The Bertz CT molecular complexity index is 2770. The molecule has 2 unspecified atom stereocenters. The molecule has 1 saturated carbocycles. The zero-order valence-electron chi connectivity index (χ0n) is 43.8. The molecule has 8 aromatic rings. The van der Waals surface area contributed by atoms with Crippen LogP contribution < -0.4 is 18.1 Å². The second-order valence-corrected chi connectivity index (χ2v) is 21.3. The summed E-state index contributed by atoms with van der Waals surface area (Å²) in [6, 6.07) is 44.3. The number of benzene rings is 8. The average molecular weight is 1000 g/mol. The number of hydrogen-bond donors (Lipinski definition) is 0. The molecule has 9 rings (SSSR count). The van der Waals surface area contributed by atoms with Crippen LogP contribution in [0.15, 0.2) is 121 Å². The van der Waals surface area contributed by atoms with Crippen molar-refractivity contribution in [1.29, 1.82) is 0 Å². The van der Waals surface area contributed by atoms with Crippen LogP contribution in [0.2, 0.25) is 0 Å². The van der Waals surface area contributed by atoms with Gasteiger partial charge in [0.15, 0.2) is 0 Å². The van der Waals surface area contributed by atoms with E-state index in [4.69, 9.17) is 31.9 Å². The van der Waals surface area contributed by atoms with Crippen LogP contribution in [0.3, 0.4) is 0 Å². The zero-order chi connectivity index (χ0) is 50.3. The number of ether oxygens (including phenoxy) is 1. The van der Waals surface area contributed by atoms with Crippen LogP contribution in [-0.2, 0) is 65.2 Å². The molecule has 9 heteroatoms. The van der Waals surface area contributed by atoms with Gasteiger partial charge in [-0.15, -0.1) is 0 Å². The second-order valence-electron chi connectivity index (χ2n) is 19.2. The molecule has 2 atom stereocenters. The molecule has 0 bridgehead atoms. The van der Waals surface area contributed by atoms with Gasteiger partial charge in [-0.05, 0) is 187 Å². The van der Waals surface area contributed by atoms with Crippen LogP contribution in [-0.4, -0.2) is 25.4 Å². The van der Waals surface area contributed by atoms with Gasteiger partial charge in [0.25, 0.3) is 0 Å². The largest absolute Gasteiger partial charge is 0.463 e. The smallest absolute Gasteiger partial charge is 0.417 e. The summed E-state index contributed by atoms with van der Waals surface area (Å²) in [4.78, 5) is 0. The fourth-order valence-corrected chi connectivity index (χ4v) is 12.4. The monoisotopic (exact) mass is 1000 g/mol. The first-order chi connectivity index (χ1) is 35.1. The number of rotatable bonds is 21. The van der Waals surface area contributed by atoms with Gasteiger partial charge >= 0.3 is 17.2 Å². The third-order valence-electron chi connectivity index (χ3n) is 14.6. The van der Waals surface area contributed by atoms with Gasteiger partial charge in [0.1, 0.15) is 23.0 Å². The van der Waals surface area contributed by atoms with Crippen LogP contribution >= 0.6 is 17.2 Å². The number of hydrogen-bond acceptors (Lipinski definition) is 7. The summed E-state index contributed by atoms with van der Waals surface area (Å²) in [5.41, 5.74) is 9.66. The highest BCUT2D eigenvalue weighted by molar-refractivity contribution is 7.43. The van der Waals surface area contributed by atoms with Crippen LogP contribution in [0.25, 0.3) is 43.1 Å². The van der Waals surface area contributed by atoms with E-state index in [2.05, 4.69) is 177 Å². The standard InChI is InChI=1S/C63H72O7P2/c1-10-41-18-22-49-34-60(45(14-5)30-53(49)26-41)67-71(68-61-35-50-23-19-42(11-2)27-54(50)31-46(61)15-6)65-58-38-57(64-9)39-59(40-58)66-72(69-62-36-51-24-20-43(12-3)28-55(51)32-47(62)16-7)70-63-37-52-25-21-44(13-4)29-56(52)33-48(63)17-8/h18-37,57-59H,10-17,38-40H2,1-9H3. The molecule has 0 N–H and O–H groups in total. The van der Waals surface area contributed by atoms with E-state index in [-0.39, 0.29) is 18.3 Å². The molecule has 0 aromatic heterocycles. The van der Waals surface area contributed by atoms with E-state index in [0.29, 0.717) is 19.3 Å². The maximum absolute atomic E-state index is 7.17. The molecule has 0 aliphatic heterocycles. The summed E-state index contributed by atoms with van der Waals surface area (Å²) < 4.78 is 48.7. The summed E-state index contributed by atoms with van der Waals surface area (Å²) in [7, 11) is -2.18. The summed E-state index contributed by atoms with van der Waals surface area (Å²) in [5.74, 6) is 3.07. The first-order valence-electron chi connectivity index (χ1n) is 26.5. The summed E-state index contributed by atoms with van der Waals surface area (Å²) in [5, 5.41) is 9.29. The lowest BCUT2D eigenvalue weighted by Gasteiger charge is -2.35. The fourth-order valence-electron chi connectivity index (χ4n) is 10.0. The van der Waals surface area contributed by atoms with Gasteiger partial charge in [-0.2, -0.15) is 0 Å². The minimum Gasteiger partial charge on any atom is -0.417 e. The number of methoxy groups -OCH3 is 1. The predicted octanol–water partition coefficient (Wildman–Crippen LogP) is 17.8. The Morgan fingerprint density at radius 2 is 0.583 bits per heavy atom. The number of aryl methyl sites for hydroxylation is 8. The molecular formula is C63H72O7P2. The van der Waals surface area contributed by atoms with Gasteiger partial charge in [-0.3, -0.25) is 9.05 Å². The van der Waals surface area contributed by atoms with Crippen LogP contribution in [0.5, 0.6) is 23.0 Å². The predicted molar refractivity (Wildman–Crippen MR) is 302 cm³/mol. The Morgan fingerprint density at radius 3 is 0.819 bits per heavy atom. The van der Waals surface area contributed by atoms with E-state index in [0.717, 1.165) is 118 Å². The van der Waals surface area contributed by atoms with E-state index >= 15 is 0 Å². The van der Waals surface area contributed by atoms with Crippen molar-refractivity contribution in [3.05, 3.63) is 166 Å². The minimum absolute atomic E-state index is 0.152. The van der Waals surface area contributed by atoms with Gasteiger partial charge in [0, 0.05) is 26.4 Å². The van der Waals surface area contributed by atoms with Gasteiger partial charge < -0.3 is 22.8 Å². The van der Waals surface area contributed by atoms with Crippen LogP contribution in [0, 0.1) is 0 Å². The molecular weight excluding hydrogens is 931 g/mol. The lowest BCUT2D eigenvalue weighted by atomic mass is 9.93. The molecule has 0 radical (unpaired) electrons. The Labute approximate surface area is 430 Å². The van der Waals surface area contributed by atoms with Crippen molar-refractivity contribution < 1.29 is 31.9 Å².